The molecule has 0 bridgehead atoms. The highest BCUT2D eigenvalue weighted by Crippen LogP contribution is 2.37. The van der Waals surface area contributed by atoms with Gasteiger partial charge in [-0.3, -0.25) is 0 Å². The Morgan fingerprint density at radius 1 is 0.971 bits per heavy atom. The van der Waals surface area contributed by atoms with E-state index in [2.05, 4.69) is 20.6 Å². The summed E-state index contributed by atoms with van der Waals surface area (Å²) in [6.45, 7) is 2.32. The summed E-state index contributed by atoms with van der Waals surface area (Å²) < 4.78 is 61.2. The third-order valence-electron chi connectivity index (χ3n) is 7.00. The Hall–Kier alpha value is -2.89. The topological polar surface area (TPSA) is 82.5 Å². The Labute approximate surface area is 199 Å². The molecule has 3 fully saturated rings. The second-order valence-electron chi connectivity index (χ2n) is 9.28. The Morgan fingerprint density at radius 2 is 1.71 bits per heavy atom. The van der Waals surface area contributed by atoms with Crippen LogP contribution >= 0.6 is 0 Å². The highest BCUT2D eigenvalue weighted by Gasteiger charge is 2.40. The Bertz CT molecular complexity index is 1210. The summed E-state index contributed by atoms with van der Waals surface area (Å²) in [5.41, 5.74) is 0.877. The minimum atomic E-state index is -1.03. The van der Waals surface area contributed by atoms with Crippen LogP contribution in [0.2, 0.25) is 0 Å². The summed E-state index contributed by atoms with van der Waals surface area (Å²) in [5, 5.41) is 6.24. The van der Waals surface area contributed by atoms with E-state index in [1.165, 1.54) is 0 Å². The highest BCUT2D eigenvalue weighted by atomic mass is 19.1. The number of hydrogen-bond donors (Lipinski definition) is 2. The summed E-state index contributed by atoms with van der Waals surface area (Å²) in [6.07, 6.45) is 5.81. The molecule has 1 aliphatic carbocycles. The number of halogens is 3. The Kier molecular flexibility index (Phi) is 5.78. The molecule has 0 amide bonds. The van der Waals surface area contributed by atoms with Gasteiger partial charge in [-0.1, -0.05) is 0 Å². The van der Waals surface area contributed by atoms with Crippen LogP contribution in [0.5, 0.6) is 0 Å². The zero-order chi connectivity index (χ0) is 24.0. The van der Waals surface area contributed by atoms with Gasteiger partial charge in [0, 0.05) is 43.7 Å². The van der Waals surface area contributed by atoms with Crippen LogP contribution in [-0.4, -0.2) is 52.8 Å². The summed E-state index contributed by atoms with van der Waals surface area (Å²) in [5.74, 6) is -2.54. The van der Waals surface area contributed by atoms with Gasteiger partial charge in [0.25, 0.3) is 0 Å². The quantitative estimate of drug-likeness (QED) is 0.540. The van der Waals surface area contributed by atoms with Crippen molar-refractivity contribution in [3.63, 3.8) is 0 Å². The van der Waals surface area contributed by atoms with Crippen molar-refractivity contribution in [2.24, 2.45) is 0 Å². The molecule has 6 rings (SSSR count). The number of nitrogens with zero attached hydrogens (tertiary/aromatic N) is 3. The van der Waals surface area contributed by atoms with Crippen LogP contribution in [-0.2, 0) is 14.2 Å². The molecule has 35 heavy (non-hydrogen) atoms. The highest BCUT2D eigenvalue weighted by molar-refractivity contribution is 5.81. The lowest BCUT2D eigenvalue weighted by Crippen LogP contribution is -2.39. The van der Waals surface area contributed by atoms with Crippen molar-refractivity contribution >= 4 is 28.5 Å². The SMILES string of the molecule is Fc1cc(F)c(Nc2nc3cnc(NC4CCC5(CC4)OCCO5)cc3n2[C@H]2CCOC2)c(F)c1. The fourth-order valence-corrected chi connectivity index (χ4v) is 5.23. The molecule has 3 aromatic rings. The van der Waals surface area contributed by atoms with Gasteiger partial charge in [-0.2, -0.15) is 0 Å². The van der Waals surface area contributed by atoms with Crippen molar-refractivity contribution in [1.29, 1.82) is 0 Å². The van der Waals surface area contributed by atoms with E-state index in [0.717, 1.165) is 37.6 Å². The maximum atomic E-state index is 14.4. The van der Waals surface area contributed by atoms with Crippen molar-refractivity contribution in [3.8, 4) is 0 Å². The van der Waals surface area contributed by atoms with Gasteiger partial charge in [0.05, 0.1) is 37.6 Å². The number of aromatic nitrogens is 3. The maximum absolute atomic E-state index is 14.4. The van der Waals surface area contributed by atoms with Crippen LogP contribution in [0.15, 0.2) is 24.4 Å². The van der Waals surface area contributed by atoms with Gasteiger partial charge in [-0.15, -0.1) is 0 Å². The number of anilines is 3. The molecule has 8 nitrogen and oxygen atoms in total. The van der Waals surface area contributed by atoms with Crippen molar-refractivity contribution in [2.45, 2.75) is 50.0 Å². The number of benzene rings is 1. The predicted octanol–water partition coefficient (Wildman–Crippen LogP) is 4.65. The molecule has 1 aromatic carbocycles. The zero-order valence-corrected chi connectivity index (χ0v) is 19.0. The molecule has 1 atom stereocenters. The molecule has 11 heteroatoms. The summed E-state index contributed by atoms with van der Waals surface area (Å²) in [4.78, 5) is 9.06. The first-order chi connectivity index (χ1) is 17.0. The molecular formula is C24H26F3N5O3. The van der Waals surface area contributed by atoms with Gasteiger partial charge < -0.3 is 29.4 Å². The van der Waals surface area contributed by atoms with Crippen LogP contribution < -0.4 is 10.6 Å². The van der Waals surface area contributed by atoms with Crippen molar-refractivity contribution in [2.75, 3.05) is 37.1 Å². The molecule has 1 spiro atoms. The van der Waals surface area contributed by atoms with Gasteiger partial charge in [-0.25, -0.2) is 23.1 Å². The zero-order valence-electron chi connectivity index (χ0n) is 19.0. The van der Waals surface area contributed by atoms with Crippen molar-refractivity contribution < 1.29 is 27.4 Å². The average molecular weight is 489 g/mol. The number of rotatable bonds is 5. The fourth-order valence-electron chi connectivity index (χ4n) is 5.23. The van der Waals surface area contributed by atoms with Crippen molar-refractivity contribution in [1.82, 2.24) is 14.5 Å². The lowest BCUT2D eigenvalue weighted by atomic mass is 9.90. The van der Waals surface area contributed by atoms with E-state index in [1.807, 2.05) is 10.6 Å². The van der Waals surface area contributed by atoms with E-state index >= 15 is 0 Å². The smallest absolute Gasteiger partial charge is 0.208 e. The van der Waals surface area contributed by atoms with Crippen LogP contribution in [0.3, 0.4) is 0 Å². The third-order valence-corrected chi connectivity index (χ3v) is 7.00. The van der Waals surface area contributed by atoms with E-state index in [4.69, 9.17) is 14.2 Å². The van der Waals surface area contributed by atoms with Crippen LogP contribution in [0.4, 0.5) is 30.6 Å². The van der Waals surface area contributed by atoms with Crippen LogP contribution in [0.25, 0.3) is 11.0 Å². The first kappa shape index (κ1) is 22.6. The van der Waals surface area contributed by atoms with E-state index in [0.29, 0.717) is 49.9 Å². The van der Waals surface area contributed by atoms with Gasteiger partial charge >= 0.3 is 0 Å². The van der Waals surface area contributed by atoms with E-state index in [9.17, 15) is 13.2 Å². The summed E-state index contributed by atoms with van der Waals surface area (Å²) in [6, 6.07) is 3.32. The van der Waals surface area contributed by atoms with E-state index < -0.39 is 28.9 Å². The number of fused-ring (bicyclic) bond motifs is 1. The monoisotopic (exact) mass is 489 g/mol. The lowest BCUT2D eigenvalue weighted by Gasteiger charge is -2.35. The lowest BCUT2D eigenvalue weighted by molar-refractivity contribution is -0.177. The molecule has 2 saturated heterocycles. The second kappa shape index (κ2) is 8.96. The first-order valence-corrected chi connectivity index (χ1v) is 11.9. The average Bonchev–Trinajstić information content (AvgIpc) is 3.58. The molecule has 0 radical (unpaired) electrons. The standard InChI is InChI=1S/C24H26F3N5O3/c25-14-9-17(26)22(18(27)10-14)31-23-30-19-12-28-21(11-20(19)32(23)16-3-6-33-13-16)29-15-1-4-24(5-2-15)34-7-8-35-24/h9-12,15-16H,1-8,13H2,(H,28,29)(H,30,31)/t16-/m0/s1. The molecular weight excluding hydrogens is 463 g/mol. The molecule has 3 aliphatic rings. The molecule has 1 saturated carbocycles. The Morgan fingerprint density at radius 3 is 2.40 bits per heavy atom. The van der Waals surface area contributed by atoms with Gasteiger partial charge in [-0.05, 0) is 19.3 Å². The number of pyridine rings is 1. The van der Waals surface area contributed by atoms with E-state index in [1.54, 1.807) is 6.20 Å². The molecule has 2 aliphatic heterocycles. The number of ether oxygens (including phenoxy) is 3. The predicted molar refractivity (Wildman–Crippen MR) is 122 cm³/mol. The van der Waals surface area contributed by atoms with Crippen LogP contribution in [0.1, 0.15) is 38.1 Å². The normalized spacial score (nSPS) is 22.3. The fraction of sp³-hybridized carbons (Fsp3) is 0.500. The number of imidazole rings is 1. The third kappa shape index (κ3) is 4.32. The molecule has 2 aromatic heterocycles. The second-order valence-corrected chi connectivity index (χ2v) is 9.28. The van der Waals surface area contributed by atoms with Gasteiger partial charge in [0.2, 0.25) is 5.95 Å². The van der Waals surface area contributed by atoms with Gasteiger partial charge in [0.15, 0.2) is 17.4 Å². The minimum Gasteiger partial charge on any atom is -0.379 e. The summed E-state index contributed by atoms with van der Waals surface area (Å²) in [7, 11) is 0. The van der Waals surface area contributed by atoms with E-state index in [-0.39, 0.29) is 18.0 Å². The maximum Gasteiger partial charge on any atom is 0.208 e. The van der Waals surface area contributed by atoms with Crippen LogP contribution in [0, 0.1) is 17.5 Å². The molecule has 4 heterocycles. The first-order valence-electron chi connectivity index (χ1n) is 11.9. The molecule has 0 unspecified atom stereocenters. The van der Waals surface area contributed by atoms with Crippen molar-refractivity contribution in [3.05, 3.63) is 41.8 Å². The molecule has 2 N–H and O–H groups in total. The van der Waals surface area contributed by atoms with Gasteiger partial charge in [0.1, 0.15) is 22.8 Å². The summed E-state index contributed by atoms with van der Waals surface area (Å²) >= 11 is 0. The molecule has 186 valence electrons. The minimum absolute atomic E-state index is 0.0736. The number of hydrogen-bond acceptors (Lipinski definition) is 7. The number of nitrogens with one attached hydrogen (secondary N) is 2. The largest absolute Gasteiger partial charge is 0.379 e. The Balaban J connectivity index is 1.29.